The Morgan fingerprint density at radius 1 is 0.804 bits per heavy atom. The Morgan fingerprint density at radius 3 is 1.96 bits per heavy atom. The minimum Gasteiger partial charge on any atom is -0.349 e. The number of likely N-dealkylation sites (tertiary alicyclic amines) is 1. The van der Waals surface area contributed by atoms with Crippen molar-refractivity contribution in [1.29, 1.82) is 0 Å². The van der Waals surface area contributed by atoms with Gasteiger partial charge in [0.2, 0.25) is 5.91 Å². The maximum absolute atomic E-state index is 13.5. The summed E-state index contributed by atoms with van der Waals surface area (Å²) < 4.78 is 137. The summed E-state index contributed by atoms with van der Waals surface area (Å²) in [5.41, 5.74) is -5.77. The van der Waals surface area contributed by atoms with Crippen LogP contribution in [0.25, 0.3) is 0 Å². The summed E-state index contributed by atoms with van der Waals surface area (Å²) in [6.45, 7) is -0.0223. The molecule has 1 aromatic heterocycles. The molecule has 0 radical (unpaired) electrons. The van der Waals surface area contributed by atoms with Gasteiger partial charge in [-0.2, -0.15) is 26.3 Å². The van der Waals surface area contributed by atoms with Gasteiger partial charge in [0, 0.05) is 58.6 Å². The number of amides is 1. The van der Waals surface area contributed by atoms with Gasteiger partial charge >= 0.3 is 12.4 Å². The average Bonchev–Trinajstić information content (AvgIpc) is 3.56. The number of ether oxygens (including phenoxy) is 1. The minimum absolute atomic E-state index is 0.00647. The zero-order valence-corrected chi connectivity index (χ0v) is 27.5. The molecule has 51 heavy (non-hydrogen) atoms. The fourth-order valence-electron chi connectivity index (χ4n) is 6.09. The zero-order valence-electron chi connectivity index (χ0n) is 26.6. The molecule has 1 amide bonds. The van der Waals surface area contributed by atoms with E-state index in [1.807, 2.05) is 17.0 Å². The number of halogens is 9. The molecule has 1 saturated heterocycles. The summed E-state index contributed by atoms with van der Waals surface area (Å²) in [6, 6.07) is 16.5. The van der Waals surface area contributed by atoms with Gasteiger partial charge in [0.25, 0.3) is 5.60 Å². The highest BCUT2D eigenvalue weighted by Crippen LogP contribution is 2.53. The Kier molecular flexibility index (Phi) is 11.6. The molecule has 272 valence electrons. The molecule has 1 saturated carbocycles. The Morgan fingerprint density at radius 2 is 1.39 bits per heavy atom. The third-order valence-corrected chi connectivity index (χ3v) is 10.7. The molecular formula is C36H31F9N2O3S. The highest BCUT2D eigenvalue weighted by atomic mass is 32.2. The number of nitrogens with zero attached hydrogens (tertiary/aromatic N) is 2. The lowest BCUT2D eigenvalue weighted by Gasteiger charge is -2.37. The molecule has 1 aliphatic carbocycles. The van der Waals surface area contributed by atoms with Crippen LogP contribution in [0, 0.1) is 23.4 Å². The molecule has 2 unspecified atom stereocenters. The van der Waals surface area contributed by atoms with Crippen molar-refractivity contribution in [3.8, 4) is 0 Å². The number of rotatable bonds is 8. The summed E-state index contributed by atoms with van der Waals surface area (Å²) in [7, 11) is -1.17. The fourth-order valence-corrected chi connectivity index (χ4v) is 7.69. The molecule has 5 nitrogen and oxygen atoms in total. The number of carbonyl (C=O) groups excluding carboxylic acids is 1. The maximum atomic E-state index is 13.5. The number of hydrogen-bond acceptors (Lipinski definition) is 4. The number of pyridine rings is 1. The number of alkyl halides is 6. The van der Waals surface area contributed by atoms with E-state index in [1.165, 1.54) is 23.8 Å². The van der Waals surface area contributed by atoms with Gasteiger partial charge in [-0.05, 0) is 73.4 Å². The van der Waals surface area contributed by atoms with Crippen molar-refractivity contribution < 1.29 is 53.3 Å². The van der Waals surface area contributed by atoms with Crippen LogP contribution in [0.5, 0.6) is 0 Å². The predicted molar refractivity (Wildman–Crippen MR) is 169 cm³/mol. The van der Waals surface area contributed by atoms with E-state index in [-0.39, 0.29) is 22.9 Å². The lowest BCUT2D eigenvalue weighted by atomic mass is 9.83. The van der Waals surface area contributed by atoms with Gasteiger partial charge in [-0.1, -0.05) is 36.4 Å². The molecule has 2 aliphatic rings. The molecule has 0 bridgehead atoms. The maximum Gasteiger partial charge on any atom is 0.430 e. The topological polar surface area (TPSA) is 59.5 Å². The molecule has 0 N–H and O–H groups in total. The van der Waals surface area contributed by atoms with Crippen molar-refractivity contribution in [2.45, 2.75) is 59.9 Å². The molecule has 2 atom stereocenters. The standard InChI is InChI=1S/C20H21FN2O2S.C16H10F8O/c21-17-1-3-18(4-2-17)26(25)19-11-16(12-19)20(24)23-10-7-15(13-23)14-5-8-22-9-6-14;17-12-7-4-8-13(18)11(12)9-25-14(15(19,20)21,16(22,23)24)10-5-2-1-3-6-10/h1-6,8-9,15-16,19H,7,10-13H2;1-8H,9H2. The summed E-state index contributed by atoms with van der Waals surface area (Å²) in [5, 5.41) is -0.00647. The third kappa shape index (κ3) is 8.30. The van der Waals surface area contributed by atoms with E-state index < -0.39 is 58.1 Å². The van der Waals surface area contributed by atoms with Crippen LogP contribution in [0.2, 0.25) is 0 Å². The molecule has 15 heteroatoms. The van der Waals surface area contributed by atoms with Crippen LogP contribution in [-0.4, -0.2) is 50.7 Å². The lowest BCUT2D eigenvalue weighted by molar-refractivity contribution is -0.392. The van der Waals surface area contributed by atoms with E-state index in [1.54, 1.807) is 24.5 Å². The molecule has 6 rings (SSSR count). The van der Waals surface area contributed by atoms with Crippen LogP contribution in [0.4, 0.5) is 39.5 Å². The van der Waals surface area contributed by atoms with Gasteiger partial charge in [0.15, 0.2) is 0 Å². The van der Waals surface area contributed by atoms with Crippen LogP contribution in [0.1, 0.15) is 41.9 Å². The van der Waals surface area contributed by atoms with Gasteiger partial charge in [0.05, 0.1) is 17.4 Å². The minimum atomic E-state index is -5.92. The van der Waals surface area contributed by atoms with Crippen LogP contribution >= 0.6 is 0 Å². The first kappa shape index (κ1) is 38.0. The van der Waals surface area contributed by atoms with E-state index in [0.29, 0.717) is 47.9 Å². The van der Waals surface area contributed by atoms with E-state index in [2.05, 4.69) is 9.72 Å². The summed E-state index contributed by atoms with van der Waals surface area (Å²) >= 11 is 0. The summed E-state index contributed by atoms with van der Waals surface area (Å²) in [4.78, 5) is 19.4. The second-order valence-electron chi connectivity index (χ2n) is 12.1. The van der Waals surface area contributed by atoms with Gasteiger partial charge in [-0.3, -0.25) is 14.0 Å². The second kappa shape index (κ2) is 15.6. The van der Waals surface area contributed by atoms with Gasteiger partial charge < -0.3 is 9.64 Å². The molecule has 2 fully saturated rings. The van der Waals surface area contributed by atoms with Crippen LogP contribution < -0.4 is 0 Å². The monoisotopic (exact) mass is 742 g/mol. The largest absolute Gasteiger partial charge is 0.430 e. The summed E-state index contributed by atoms with van der Waals surface area (Å²) in [5.74, 6) is -2.41. The number of aromatic nitrogens is 1. The average molecular weight is 743 g/mol. The van der Waals surface area contributed by atoms with Crippen LogP contribution in [0.15, 0.2) is 102 Å². The highest BCUT2D eigenvalue weighted by molar-refractivity contribution is 7.85. The van der Waals surface area contributed by atoms with Gasteiger partial charge in [0.1, 0.15) is 17.5 Å². The van der Waals surface area contributed by atoms with Crippen molar-refractivity contribution in [3.63, 3.8) is 0 Å². The van der Waals surface area contributed by atoms with E-state index in [4.69, 9.17) is 0 Å². The Labute approximate surface area is 289 Å². The lowest BCUT2D eigenvalue weighted by Crippen LogP contribution is -2.55. The van der Waals surface area contributed by atoms with Crippen molar-refractivity contribution in [2.75, 3.05) is 13.1 Å². The van der Waals surface area contributed by atoms with Crippen molar-refractivity contribution in [3.05, 3.63) is 131 Å². The van der Waals surface area contributed by atoms with Crippen LogP contribution in [-0.2, 0) is 32.5 Å². The first-order chi connectivity index (χ1) is 24.1. The molecule has 1 aliphatic heterocycles. The van der Waals surface area contributed by atoms with Crippen molar-refractivity contribution in [1.82, 2.24) is 9.88 Å². The third-order valence-electron chi connectivity index (χ3n) is 8.94. The fraction of sp³-hybridized carbons (Fsp3) is 0.333. The normalized spacial score (nSPS) is 19.9. The number of benzene rings is 3. The summed E-state index contributed by atoms with van der Waals surface area (Å²) in [6.07, 6.45) is -5.98. The first-order valence-corrected chi connectivity index (χ1v) is 16.9. The number of hydrogen-bond donors (Lipinski definition) is 0. The predicted octanol–water partition coefficient (Wildman–Crippen LogP) is 8.62. The molecule has 4 aromatic rings. The Bertz CT molecular complexity index is 1770. The van der Waals surface area contributed by atoms with Gasteiger partial charge in [-0.15, -0.1) is 0 Å². The van der Waals surface area contributed by atoms with Crippen molar-refractivity contribution >= 4 is 16.7 Å². The smallest absolute Gasteiger partial charge is 0.349 e. The molecule has 2 heterocycles. The Balaban J connectivity index is 0.000000198. The second-order valence-corrected chi connectivity index (χ2v) is 13.9. The van der Waals surface area contributed by atoms with Gasteiger partial charge in [-0.25, -0.2) is 13.2 Å². The molecular weight excluding hydrogens is 711 g/mol. The first-order valence-electron chi connectivity index (χ1n) is 15.7. The zero-order chi connectivity index (χ0) is 37.0. The van der Waals surface area contributed by atoms with E-state index in [0.717, 1.165) is 37.7 Å². The van der Waals surface area contributed by atoms with E-state index >= 15 is 0 Å². The quantitative estimate of drug-likeness (QED) is 0.170. The van der Waals surface area contributed by atoms with E-state index in [9.17, 15) is 48.5 Å². The van der Waals surface area contributed by atoms with Crippen LogP contribution in [0.3, 0.4) is 0 Å². The Hall–Kier alpha value is -4.24. The van der Waals surface area contributed by atoms with Crippen molar-refractivity contribution in [2.24, 2.45) is 5.92 Å². The SMILES string of the molecule is Fc1cccc(F)c1COC(c1ccccc1)(C(F)(F)F)C(F)(F)F.O=C(C1CC(S(=O)c2ccc(F)cc2)C1)N1CCC(c2ccncc2)C1. The molecule has 3 aromatic carbocycles. The number of carbonyl (C=O) groups is 1. The highest BCUT2D eigenvalue weighted by Gasteiger charge is 2.73. The molecule has 0 spiro atoms.